The first-order chi connectivity index (χ1) is 14.1. The molecule has 1 aliphatic carbocycles. The van der Waals surface area contributed by atoms with Gasteiger partial charge in [-0.15, -0.1) is 0 Å². The van der Waals surface area contributed by atoms with Crippen LogP contribution in [0.5, 0.6) is 5.75 Å². The highest BCUT2D eigenvalue weighted by Gasteiger charge is 2.38. The Labute approximate surface area is 139 Å². The average Bonchev–Trinajstić information content (AvgIpc) is 2.66. The van der Waals surface area contributed by atoms with Crippen molar-refractivity contribution in [1.82, 2.24) is 4.90 Å². The van der Waals surface area contributed by atoms with Crippen LogP contribution in [0.15, 0.2) is 24.3 Å². The SMILES string of the molecule is [2H]C([2H])([C@H](c1ccc(OC)cc1)C1(O)C([2H])([2H])C([2H])([2H])C([2H])([2H])C([2H])([2H])C1([2H])[2H])N(C)C. The fraction of sp³-hybridized carbons (Fsp3) is 0.647. The van der Waals surface area contributed by atoms with Crippen molar-refractivity contribution in [3.8, 4) is 5.75 Å². The Morgan fingerprint density at radius 1 is 1.30 bits per heavy atom. The molecule has 1 N–H and O–H groups in total. The summed E-state index contributed by atoms with van der Waals surface area (Å²) >= 11 is 0. The molecule has 0 heterocycles. The maximum Gasteiger partial charge on any atom is 0.118 e. The van der Waals surface area contributed by atoms with Crippen LogP contribution in [0.4, 0.5) is 0 Å². The highest BCUT2D eigenvalue weighted by atomic mass is 16.5. The topological polar surface area (TPSA) is 32.7 Å². The first-order valence-electron chi connectivity index (χ1n) is 12.1. The third-order valence-electron chi connectivity index (χ3n) is 2.89. The van der Waals surface area contributed by atoms with Crippen LogP contribution >= 0.6 is 0 Å². The lowest BCUT2D eigenvalue weighted by Crippen LogP contribution is -2.42. The number of aliphatic hydroxyl groups is 1. The Hall–Kier alpha value is -1.06. The fourth-order valence-electron chi connectivity index (χ4n) is 1.92. The van der Waals surface area contributed by atoms with Gasteiger partial charge in [0.2, 0.25) is 0 Å². The Kier molecular flexibility index (Phi) is 1.97. The zero-order chi connectivity index (χ0) is 25.3. The first-order valence-corrected chi connectivity index (χ1v) is 6.14. The molecule has 3 nitrogen and oxygen atoms in total. The van der Waals surface area contributed by atoms with Gasteiger partial charge >= 0.3 is 0 Å². The van der Waals surface area contributed by atoms with E-state index in [4.69, 9.17) is 21.2 Å². The van der Waals surface area contributed by atoms with E-state index < -0.39 is 49.9 Å². The molecule has 0 bridgehead atoms. The maximum atomic E-state index is 11.8. The second-order valence-electron chi connectivity index (χ2n) is 4.62. The smallest absolute Gasteiger partial charge is 0.118 e. The highest BCUT2D eigenvalue weighted by molar-refractivity contribution is 5.31. The summed E-state index contributed by atoms with van der Waals surface area (Å²) in [5.41, 5.74) is -3.87. The highest BCUT2D eigenvalue weighted by Crippen LogP contribution is 2.40. The van der Waals surface area contributed by atoms with E-state index in [0.717, 1.165) is 4.90 Å². The molecule has 3 heteroatoms. The van der Waals surface area contributed by atoms with Crippen LogP contribution in [0.1, 0.15) is 59.8 Å². The molecule has 1 fully saturated rings. The first kappa shape index (κ1) is 5.98. The molecule has 0 radical (unpaired) electrons. The van der Waals surface area contributed by atoms with Gasteiger partial charge in [0.25, 0.3) is 0 Å². The van der Waals surface area contributed by atoms with Gasteiger partial charge in [-0.1, -0.05) is 31.3 Å². The molecule has 2 rings (SSSR count). The number of benzene rings is 1. The van der Waals surface area contributed by atoms with Gasteiger partial charge in [-0.25, -0.2) is 0 Å². The molecule has 1 saturated carbocycles. The molecule has 1 atom stereocenters. The van der Waals surface area contributed by atoms with E-state index in [1.54, 1.807) is 0 Å². The number of likely N-dealkylation sites (N-methyl/N-ethyl adjacent to an activating group) is 1. The minimum absolute atomic E-state index is 0.159. The summed E-state index contributed by atoms with van der Waals surface area (Å²) in [6, 6.07) is 5.19. The average molecular weight is 289 g/mol. The summed E-state index contributed by atoms with van der Waals surface area (Å²) < 4.78 is 104. The van der Waals surface area contributed by atoms with Crippen molar-refractivity contribution in [2.75, 3.05) is 27.7 Å². The van der Waals surface area contributed by atoms with E-state index in [1.807, 2.05) is 0 Å². The number of hydrogen-bond acceptors (Lipinski definition) is 3. The summed E-state index contributed by atoms with van der Waals surface area (Å²) in [5, 5.41) is 11.8. The molecular weight excluding hydrogens is 250 g/mol. The minimum Gasteiger partial charge on any atom is -0.497 e. The van der Waals surface area contributed by atoms with Gasteiger partial charge in [-0.3, -0.25) is 0 Å². The molecular formula is C17H27NO2. The van der Waals surface area contributed by atoms with E-state index in [9.17, 15) is 5.11 Å². The normalized spacial score (nSPS) is 42.0. The lowest BCUT2D eigenvalue weighted by atomic mass is 9.72. The molecule has 0 unspecified atom stereocenters. The Balaban J connectivity index is 3.02. The molecule has 0 amide bonds. The largest absolute Gasteiger partial charge is 0.497 e. The molecule has 0 aromatic heterocycles. The summed E-state index contributed by atoms with van der Waals surface area (Å²) in [7, 11) is 3.86. The lowest BCUT2D eigenvalue weighted by Gasteiger charge is -2.40. The van der Waals surface area contributed by atoms with E-state index in [0.29, 0.717) is 5.75 Å². The Bertz CT molecular complexity index is 824. The number of ether oxygens (including phenoxy) is 1. The van der Waals surface area contributed by atoms with Gasteiger partial charge < -0.3 is 14.7 Å². The maximum absolute atomic E-state index is 11.8. The van der Waals surface area contributed by atoms with Crippen molar-refractivity contribution in [3.05, 3.63) is 29.8 Å². The number of methoxy groups -OCH3 is 1. The monoisotopic (exact) mass is 289 g/mol. The lowest BCUT2D eigenvalue weighted by molar-refractivity contribution is -0.0277. The summed E-state index contributed by atoms with van der Waals surface area (Å²) in [6.45, 7) is -2.74. The van der Waals surface area contributed by atoms with Crippen LogP contribution < -0.4 is 4.74 Å². The fourth-order valence-corrected chi connectivity index (χ4v) is 1.92. The standard InChI is InChI=1S/C17H27NO2/c1-18(2)13-16(17(19)11-5-4-6-12-17)14-7-9-15(20-3)10-8-14/h7-10,16,19H,4-6,11-13H2,1-3H3/t16-/m1/s1/i4D2,5D2,6D2,11D2,12D2,13D2. The molecule has 0 saturated heterocycles. The van der Waals surface area contributed by atoms with Crippen LogP contribution in [0, 0.1) is 0 Å². The number of rotatable bonds is 5. The van der Waals surface area contributed by atoms with Gasteiger partial charge in [-0.2, -0.15) is 0 Å². The minimum atomic E-state index is -3.79. The van der Waals surface area contributed by atoms with E-state index >= 15 is 0 Å². The van der Waals surface area contributed by atoms with Gasteiger partial charge in [0.1, 0.15) is 5.75 Å². The third-order valence-corrected chi connectivity index (χ3v) is 2.89. The van der Waals surface area contributed by atoms with Crippen LogP contribution in [0.25, 0.3) is 0 Å². The van der Waals surface area contributed by atoms with Crippen LogP contribution in [-0.2, 0) is 0 Å². The Morgan fingerprint density at radius 2 is 1.90 bits per heavy atom. The summed E-state index contributed by atoms with van der Waals surface area (Å²) in [6.07, 6.45) is -18.8. The number of nitrogens with zero attached hydrogens (tertiary/aromatic N) is 1. The second kappa shape index (κ2) is 6.59. The molecule has 0 aliphatic heterocycles. The molecule has 20 heavy (non-hydrogen) atoms. The zero-order valence-electron chi connectivity index (χ0n) is 23.7. The third kappa shape index (κ3) is 3.53. The van der Waals surface area contributed by atoms with Crippen molar-refractivity contribution in [1.29, 1.82) is 0 Å². The van der Waals surface area contributed by atoms with Gasteiger partial charge in [0, 0.05) is 28.9 Å². The quantitative estimate of drug-likeness (QED) is 0.904. The molecule has 112 valence electrons. The predicted molar refractivity (Wildman–Crippen MR) is 82.3 cm³/mol. The molecule has 1 aromatic rings. The van der Waals surface area contributed by atoms with Crippen LogP contribution in [0.2, 0.25) is 0 Å². The molecule has 1 aromatic carbocycles. The van der Waals surface area contributed by atoms with Crippen molar-refractivity contribution in [2.45, 2.75) is 43.4 Å². The van der Waals surface area contributed by atoms with E-state index in [1.165, 1.54) is 45.5 Å². The van der Waals surface area contributed by atoms with Gasteiger partial charge in [0.15, 0.2) is 0 Å². The zero-order valence-corrected chi connectivity index (χ0v) is 11.7. The number of hydrogen-bond donors (Lipinski definition) is 1. The van der Waals surface area contributed by atoms with Gasteiger partial charge in [0.05, 0.1) is 12.7 Å². The molecule has 1 aliphatic rings. The summed E-state index contributed by atoms with van der Waals surface area (Å²) in [5.74, 6) is -1.87. The predicted octanol–water partition coefficient (Wildman–Crippen LogP) is 3.04. The van der Waals surface area contributed by atoms with E-state index in [-0.39, 0.29) is 5.56 Å². The van der Waals surface area contributed by atoms with Gasteiger partial charge in [-0.05, 0) is 44.5 Å². The van der Waals surface area contributed by atoms with E-state index in [2.05, 4.69) is 0 Å². The van der Waals surface area contributed by atoms with Crippen LogP contribution in [-0.4, -0.2) is 43.3 Å². The van der Waals surface area contributed by atoms with Crippen LogP contribution in [0.3, 0.4) is 0 Å². The Morgan fingerprint density at radius 3 is 2.40 bits per heavy atom. The van der Waals surface area contributed by atoms with Crippen molar-refractivity contribution in [2.24, 2.45) is 0 Å². The summed E-state index contributed by atoms with van der Waals surface area (Å²) in [4.78, 5) is 0.931. The molecule has 0 spiro atoms. The van der Waals surface area contributed by atoms with Crippen molar-refractivity contribution in [3.63, 3.8) is 0 Å². The van der Waals surface area contributed by atoms with Crippen molar-refractivity contribution >= 4 is 0 Å². The second-order valence-corrected chi connectivity index (χ2v) is 4.62. The van der Waals surface area contributed by atoms with Crippen molar-refractivity contribution < 1.29 is 26.3 Å².